The molecule has 0 unspecified atom stereocenters. The number of hydrogen-bond donors (Lipinski definition) is 2. The first-order valence-electron chi connectivity index (χ1n) is 8.13. The van der Waals surface area contributed by atoms with Gasteiger partial charge in [-0.25, -0.2) is 8.42 Å². The molecular formula is C18H18ClN3O3S. The van der Waals surface area contributed by atoms with E-state index in [1.54, 1.807) is 30.3 Å². The van der Waals surface area contributed by atoms with Crippen LogP contribution in [0.5, 0.6) is 0 Å². The molecule has 2 heterocycles. The summed E-state index contributed by atoms with van der Waals surface area (Å²) in [5.41, 5.74) is 1.84. The van der Waals surface area contributed by atoms with E-state index in [2.05, 4.69) is 15.6 Å². The predicted molar refractivity (Wildman–Crippen MR) is 103 cm³/mol. The fourth-order valence-corrected chi connectivity index (χ4v) is 4.85. The van der Waals surface area contributed by atoms with Gasteiger partial charge in [-0.1, -0.05) is 6.07 Å². The number of carbonyl (C=O) groups is 1. The van der Waals surface area contributed by atoms with Gasteiger partial charge >= 0.3 is 0 Å². The van der Waals surface area contributed by atoms with Gasteiger partial charge in [0.2, 0.25) is 9.84 Å². The van der Waals surface area contributed by atoms with Crippen molar-refractivity contribution in [3.05, 3.63) is 53.1 Å². The lowest BCUT2D eigenvalue weighted by Crippen LogP contribution is -2.23. The summed E-state index contributed by atoms with van der Waals surface area (Å²) in [6, 6.07) is 9.66. The number of aliphatic imine (C=N–C) groups is 1. The van der Waals surface area contributed by atoms with E-state index in [1.165, 1.54) is 6.07 Å². The van der Waals surface area contributed by atoms with Gasteiger partial charge in [-0.3, -0.25) is 9.79 Å². The van der Waals surface area contributed by atoms with Crippen molar-refractivity contribution in [1.29, 1.82) is 0 Å². The number of rotatable bonds is 3. The maximum Gasteiger partial charge on any atom is 0.208 e. The molecule has 2 aromatic rings. The fourth-order valence-electron chi connectivity index (χ4n) is 3.19. The van der Waals surface area contributed by atoms with E-state index in [0.29, 0.717) is 24.5 Å². The van der Waals surface area contributed by atoms with Gasteiger partial charge in [0.25, 0.3) is 0 Å². The van der Waals surface area contributed by atoms with Crippen LogP contribution in [0, 0.1) is 0 Å². The first-order valence-corrected chi connectivity index (χ1v) is 9.61. The Labute approximate surface area is 158 Å². The monoisotopic (exact) mass is 391 g/mol. The first-order chi connectivity index (χ1) is 12.0. The third-order valence-corrected chi connectivity index (χ3v) is 6.21. The number of amidine groups is 1. The molecule has 4 rings (SSSR count). The van der Waals surface area contributed by atoms with E-state index in [1.807, 2.05) is 6.92 Å². The Morgan fingerprint density at radius 1 is 1.12 bits per heavy atom. The van der Waals surface area contributed by atoms with Gasteiger partial charge in [0.1, 0.15) is 5.84 Å². The molecule has 0 radical (unpaired) electrons. The van der Waals surface area contributed by atoms with Crippen LogP contribution in [0.4, 0.5) is 5.69 Å². The molecule has 0 aromatic heterocycles. The van der Waals surface area contributed by atoms with Crippen molar-refractivity contribution in [2.24, 2.45) is 4.99 Å². The highest BCUT2D eigenvalue weighted by Crippen LogP contribution is 2.36. The van der Waals surface area contributed by atoms with Crippen LogP contribution in [-0.4, -0.2) is 39.7 Å². The number of ketones is 1. The second-order valence-electron chi connectivity index (χ2n) is 5.94. The molecule has 0 atom stereocenters. The van der Waals surface area contributed by atoms with Crippen LogP contribution in [0.1, 0.15) is 28.4 Å². The van der Waals surface area contributed by atoms with Crippen LogP contribution < -0.4 is 10.6 Å². The normalized spacial score (nSPS) is 16.7. The summed E-state index contributed by atoms with van der Waals surface area (Å²) in [5.74, 6) is 0.395. The number of fused-ring (bicyclic) bond motifs is 2. The molecule has 2 aromatic carbocycles. The molecule has 0 aliphatic carbocycles. The summed E-state index contributed by atoms with van der Waals surface area (Å²) in [6.07, 6.45) is 0. The molecule has 0 bridgehead atoms. The number of anilines is 1. The molecule has 0 amide bonds. The quantitative estimate of drug-likeness (QED) is 0.715. The van der Waals surface area contributed by atoms with E-state index in [-0.39, 0.29) is 39.1 Å². The minimum atomic E-state index is -3.75. The van der Waals surface area contributed by atoms with Crippen molar-refractivity contribution in [2.75, 3.05) is 25.0 Å². The molecule has 2 aliphatic heterocycles. The number of halogens is 1. The second kappa shape index (κ2) is 6.74. The third-order valence-electron chi connectivity index (χ3n) is 4.36. The van der Waals surface area contributed by atoms with Crippen LogP contribution in [0.15, 0.2) is 51.2 Å². The van der Waals surface area contributed by atoms with Gasteiger partial charge in [0, 0.05) is 35.5 Å². The Hall–Kier alpha value is -2.38. The van der Waals surface area contributed by atoms with Crippen molar-refractivity contribution < 1.29 is 13.2 Å². The summed E-state index contributed by atoms with van der Waals surface area (Å²) in [5, 5.41) is 6.23. The average Bonchev–Trinajstić information content (AvgIpc) is 3.14. The summed E-state index contributed by atoms with van der Waals surface area (Å²) in [4.78, 5) is 17.3. The van der Waals surface area contributed by atoms with E-state index in [9.17, 15) is 13.2 Å². The fraction of sp³-hybridized carbons (Fsp3) is 0.222. The summed E-state index contributed by atoms with van der Waals surface area (Å²) in [7, 11) is -3.75. The van der Waals surface area contributed by atoms with Gasteiger partial charge in [-0.05, 0) is 37.3 Å². The number of benzene rings is 2. The van der Waals surface area contributed by atoms with Crippen molar-refractivity contribution in [2.45, 2.75) is 16.7 Å². The van der Waals surface area contributed by atoms with E-state index in [4.69, 9.17) is 0 Å². The number of hydrogen-bond acceptors (Lipinski definition) is 6. The van der Waals surface area contributed by atoms with Crippen LogP contribution >= 0.6 is 12.4 Å². The van der Waals surface area contributed by atoms with Gasteiger partial charge in [0.15, 0.2) is 5.78 Å². The van der Waals surface area contributed by atoms with E-state index >= 15 is 0 Å². The SMILES string of the molecule is CCNc1ccc2c(c1)C(=O)c1ccc(C3=NCCN3)cc1S2(=O)=O.Cl. The number of sulfone groups is 1. The molecule has 0 fully saturated rings. The molecule has 6 nitrogen and oxygen atoms in total. The van der Waals surface area contributed by atoms with Crippen LogP contribution in [0.3, 0.4) is 0 Å². The highest BCUT2D eigenvalue weighted by Gasteiger charge is 2.35. The lowest BCUT2D eigenvalue weighted by Gasteiger charge is -2.20. The van der Waals surface area contributed by atoms with Crippen molar-refractivity contribution >= 4 is 39.6 Å². The molecule has 2 aliphatic rings. The zero-order valence-electron chi connectivity index (χ0n) is 14.1. The molecule has 2 N–H and O–H groups in total. The van der Waals surface area contributed by atoms with E-state index in [0.717, 1.165) is 12.2 Å². The van der Waals surface area contributed by atoms with Crippen LogP contribution in [0.25, 0.3) is 0 Å². The Morgan fingerprint density at radius 2 is 1.92 bits per heavy atom. The molecule has 0 saturated heterocycles. The smallest absolute Gasteiger partial charge is 0.208 e. The molecule has 136 valence electrons. The Bertz CT molecular complexity index is 1030. The Kier molecular flexibility index (Phi) is 4.77. The standard InChI is InChI=1S/C18H17N3O3S.ClH/c1-2-19-12-4-6-15-14(10-12)17(22)13-5-3-11(18-20-7-8-21-18)9-16(13)25(15,23)24;/h3-6,9-10,19H,2,7-8H2,1H3,(H,20,21);1H. The Morgan fingerprint density at radius 3 is 2.62 bits per heavy atom. The second-order valence-corrected chi connectivity index (χ2v) is 7.83. The third kappa shape index (κ3) is 2.77. The molecule has 0 saturated carbocycles. The maximum absolute atomic E-state index is 13.0. The van der Waals surface area contributed by atoms with Gasteiger partial charge in [-0.2, -0.15) is 0 Å². The predicted octanol–water partition coefficient (Wildman–Crippen LogP) is 2.27. The number of carbonyl (C=O) groups excluding carboxylic acids is 1. The highest BCUT2D eigenvalue weighted by atomic mass is 35.5. The average molecular weight is 392 g/mol. The molecule has 8 heteroatoms. The van der Waals surface area contributed by atoms with Crippen molar-refractivity contribution in [1.82, 2.24) is 5.32 Å². The minimum Gasteiger partial charge on any atom is -0.385 e. The Balaban J connectivity index is 0.00000196. The summed E-state index contributed by atoms with van der Waals surface area (Å²) >= 11 is 0. The number of nitrogens with one attached hydrogen (secondary N) is 2. The molecule has 0 spiro atoms. The summed E-state index contributed by atoms with van der Waals surface area (Å²) < 4.78 is 26.1. The van der Waals surface area contributed by atoms with Gasteiger partial charge < -0.3 is 10.6 Å². The lowest BCUT2D eigenvalue weighted by molar-refractivity contribution is 0.103. The van der Waals surface area contributed by atoms with Crippen LogP contribution in [-0.2, 0) is 9.84 Å². The van der Waals surface area contributed by atoms with Crippen molar-refractivity contribution in [3.8, 4) is 0 Å². The van der Waals surface area contributed by atoms with Gasteiger partial charge in [0.05, 0.1) is 16.3 Å². The zero-order valence-corrected chi connectivity index (χ0v) is 15.7. The maximum atomic E-state index is 13.0. The zero-order chi connectivity index (χ0) is 17.6. The van der Waals surface area contributed by atoms with Gasteiger partial charge in [-0.15, -0.1) is 12.4 Å². The van der Waals surface area contributed by atoms with Crippen LogP contribution in [0.2, 0.25) is 0 Å². The highest BCUT2D eigenvalue weighted by molar-refractivity contribution is 7.91. The molecule has 26 heavy (non-hydrogen) atoms. The largest absolute Gasteiger partial charge is 0.385 e. The van der Waals surface area contributed by atoms with E-state index < -0.39 is 9.84 Å². The molecular weight excluding hydrogens is 374 g/mol. The first kappa shape index (κ1) is 18.4. The lowest BCUT2D eigenvalue weighted by atomic mass is 10.0. The number of nitrogens with zero attached hydrogens (tertiary/aromatic N) is 1. The van der Waals surface area contributed by atoms with Crippen molar-refractivity contribution in [3.63, 3.8) is 0 Å². The minimum absolute atomic E-state index is 0. The topological polar surface area (TPSA) is 87.6 Å². The summed E-state index contributed by atoms with van der Waals surface area (Å²) in [6.45, 7) is 4.02.